The molecule has 0 amide bonds. The van der Waals surface area contributed by atoms with Crippen LogP contribution in [0.25, 0.3) is 0 Å². The van der Waals surface area contributed by atoms with Crippen LogP contribution in [0.2, 0.25) is 0 Å². The Bertz CT molecular complexity index is 358. The summed E-state index contributed by atoms with van der Waals surface area (Å²) < 4.78 is 7.82. The lowest BCUT2D eigenvalue weighted by molar-refractivity contribution is 0.101. The van der Waals surface area contributed by atoms with Gasteiger partial charge in [-0.2, -0.15) is 0 Å². The minimum absolute atomic E-state index is 0.425. The highest BCUT2D eigenvalue weighted by atomic mass is 16.5. The van der Waals surface area contributed by atoms with Crippen LogP contribution in [0.1, 0.15) is 57.2 Å². The second-order valence-electron chi connectivity index (χ2n) is 5.50. The minimum atomic E-state index is 0.425. The van der Waals surface area contributed by atoms with Gasteiger partial charge in [-0.1, -0.05) is 6.92 Å². The van der Waals surface area contributed by atoms with E-state index in [1.165, 1.54) is 44.2 Å². The number of nitrogens with one attached hydrogen (secondary N) is 1. The Morgan fingerprint density at radius 2 is 2.47 bits per heavy atom. The first kappa shape index (κ1) is 14.5. The number of rotatable bonds is 8. The smallest absolute Gasteiger partial charge is 0.0946 e. The van der Waals surface area contributed by atoms with Crippen LogP contribution >= 0.6 is 0 Å². The molecule has 1 aliphatic rings. The number of nitrogens with zero attached hydrogens (tertiary/aromatic N) is 2. The molecule has 108 valence electrons. The third-order valence-electron chi connectivity index (χ3n) is 3.89. The Morgan fingerprint density at radius 1 is 1.58 bits per heavy atom. The van der Waals surface area contributed by atoms with Crippen molar-refractivity contribution in [1.82, 2.24) is 14.9 Å². The normalized spacial score (nSPS) is 20.8. The van der Waals surface area contributed by atoms with Gasteiger partial charge < -0.3 is 14.6 Å². The molecular weight excluding hydrogens is 238 g/mol. The topological polar surface area (TPSA) is 39.1 Å². The van der Waals surface area contributed by atoms with Gasteiger partial charge in [-0.25, -0.2) is 4.98 Å². The molecule has 2 atom stereocenters. The van der Waals surface area contributed by atoms with E-state index in [1.54, 1.807) is 0 Å². The highest BCUT2D eigenvalue weighted by Crippen LogP contribution is 2.23. The fourth-order valence-electron chi connectivity index (χ4n) is 2.80. The molecule has 0 aliphatic carbocycles. The van der Waals surface area contributed by atoms with Gasteiger partial charge in [-0.3, -0.25) is 0 Å². The molecule has 0 spiro atoms. The van der Waals surface area contributed by atoms with Crippen molar-refractivity contribution in [2.45, 2.75) is 57.6 Å². The van der Waals surface area contributed by atoms with E-state index in [2.05, 4.69) is 28.8 Å². The largest absolute Gasteiger partial charge is 0.378 e. The van der Waals surface area contributed by atoms with Crippen LogP contribution in [-0.2, 0) is 11.8 Å². The number of aromatic nitrogens is 2. The molecule has 4 heteroatoms. The lowest BCUT2D eigenvalue weighted by atomic mass is 10.0. The molecule has 2 unspecified atom stereocenters. The maximum atomic E-state index is 5.69. The Balaban J connectivity index is 1.81. The van der Waals surface area contributed by atoms with Crippen molar-refractivity contribution in [3.8, 4) is 0 Å². The van der Waals surface area contributed by atoms with Gasteiger partial charge in [0.2, 0.25) is 0 Å². The van der Waals surface area contributed by atoms with Crippen molar-refractivity contribution in [3.05, 3.63) is 18.2 Å². The minimum Gasteiger partial charge on any atom is -0.378 e. The van der Waals surface area contributed by atoms with Gasteiger partial charge in [0.05, 0.1) is 18.1 Å². The summed E-state index contributed by atoms with van der Waals surface area (Å²) in [5.74, 6) is 0. The summed E-state index contributed by atoms with van der Waals surface area (Å²) in [4.78, 5) is 4.23. The van der Waals surface area contributed by atoms with Crippen LogP contribution in [0.3, 0.4) is 0 Å². The maximum Gasteiger partial charge on any atom is 0.0946 e. The van der Waals surface area contributed by atoms with Gasteiger partial charge in [0, 0.05) is 25.9 Å². The lowest BCUT2D eigenvalue weighted by Gasteiger charge is -2.19. The van der Waals surface area contributed by atoms with Gasteiger partial charge in [0.15, 0.2) is 0 Å². The first-order chi connectivity index (χ1) is 9.31. The van der Waals surface area contributed by atoms with E-state index in [1.807, 2.05) is 12.5 Å². The van der Waals surface area contributed by atoms with Crippen LogP contribution < -0.4 is 5.32 Å². The van der Waals surface area contributed by atoms with Crippen molar-refractivity contribution < 1.29 is 4.74 Å². The Hall–Kier alpha value is -0.870. The number of ether oxygens (including phenoxy) is 1. The van der Waals surface area contributed by atoms with Gasteiger partial charge in [-0.05, 0) is 45.1 Å². The summed E-state index contributed by atoms with van der Waals surface area (Å²) in [5, 5.41) is 3.64. The third kappa shape index (κ3) is 4.32. The van der Waals surface area contributed by atoms with Crippen molar-refractivity contribution in [1.29, 1.82) is 0 Å². The Labute approximate surface area is 116 Å². The van der Waals surface area contributed by atoms with E-state index in [9.17, 15) is 0 Å². The number of hydrogen-bond donors (Lipinski definition) is 1. The standard InChI is InChI=1S/C15H27N3O/c1-3-9-17-14(15-11-16-12-18(15)2)8-4-6-13-7-5-10-19-13/h11-14,17H,3-10H2,1-2H3. The zero-order valence-corrected chi connectivity index (χ0v) is 12.3. The van der Waals surface area contributed by atoms with Crippen molar-refractivity contribution in [3.63, 3.8) is 0 Å². The monoisotopic (exact) mass is 265 g/mol. The second kappa shape index (κ2) is 7.65. The zero-order valence-electron chi connectivity index (χ0n) is 12.3. The number of hydrogen-bond acceptors (Lipinski definition) is 3. The van der Waals surface area contributed by atoms with Gasteiger partial charge >= 0.3 is 0 Å². The summed E-state index contributed by atoms with van der Waals surface area (Å²) in [5.41, 5.74) is 1.29. The van der Waals surface area contributed by atoms with Crippen molar-refractivity contribution in [2.75, 3.05) is 13.2 Å². The zero-order chi connectivity index (χ0) is 13.5. The number of imidazole rings is 1. The van der Waals surface area contributed by atoms with Gasteiger partial charge in [0.25, 0.3) is 0 Å². The molecule has 2 heterocycles. The Morgan fingerprint density at radius 3 is 3.11 bits per heavy atom. The van der Waals surface area contributed by atoms with E-state index in [-0.39, 0.29) is 0 Å². The molecule has 4 nitrogen and oxygen atoms in total. The van der Waals surface area contributed by atoms with Crippen LogP contribution in [0, 0.1) is 0 Å². The van der Waals surface area contributed by atoms with Crippen LogP contribution in [0.5, 0.6) is 0 Å². The first-order valence-electron chi connectivity index (χ1n) is 7.62. The molecule has 0 aromatic carbocycles. The van der Waals surface area contributed by atoms with Crippen molar-refractivity contribution in [2.24, 2.45) is 7.05 Å². The predicted molar refractivity (Wildman–Crippen MR) is 77.1 cm³/mol. The molecule has 1 fully saturated rings. The fraction of sp³-hybridized carbons (Fsp3) is 0.800. The highest BCUT2D eigenvalue weighted by Gasteiger charge is 2.18. The molecule has 0 saturated carbocycles. The molecule has 0 radical (unpaired) electrons. The predicted octanol–water partition coefficient (Wildman–Crippen LogP) is 2.81. The van der Waals surface area contributed by atoms with Gasteiger partial charge in [0.1, 0.15) is 0 Å². The quantitative estimate of drug-likeness (QED) is 0.785. The number of aryl methyl sites for hydroxylation is 1. The molecule has 1 N–H and O–H groups in total. The highest BCUT2D eigenvalue weighted by molar-refractivity contribution is 5.04. The third-order valence-corrected chi connectivity index (χ3v) is 3.89. The molecule has 1 aliphatic heterocycles. The fourth-order valence-corrected chi connectivity index (χ4v) is 2.80. The van der Waals surface area contributed by atoms with Crippen LogP contribution in [-0.4, -0.2) is 28.8 Å². The van der Waals surface area contributed by atoms with Crippen molar-refractivity contribution >= 4 is 0 Å². The lowest BCUT2D eigenvalue weighted by Crippen LogP contribution is -2.24. The summed E-state index contributed by atoms with van der Waals surface area (Å²) in [7, 11) is 2.07. The van der Waals surface area contributed by atoms with Crippen LogP contribution in [0.15, 0.2) is 12.5 Å². The summed E-state index contributed by atoms with van der Waals surface area (Å²) >= 11 is 0. The summed E-state index contributed by atoms with van der Waals surface area (Å²) in [6, 6.07) is 0.425. The van der Waals surface area contributed by atoms with E-state index < -0.39 is 0 Å². The molecular formula is C15H27N3O. The van der Waals surface area contributed by atoms with Crippen LogP contribution in [0.4, 0.5) is 0 Å². The SMILES string of the molecule is CCCNC(CCCC1CCCO1)c1cncn1C. The van der Waals surface area contributed by atoms with E-state index in [0.717, 1.165) is 13.2 Å². The van der Waals surface area contributed by atoms with E-state index in [4.69, 9.17) is 4.74 Å². The molecule has 1 saturated heterocycles. The van der Waals surface area contributed by atoms with Gasteiger partial charge in [-0.15, -0.1) is 0 Å². The maximum absolute atomic E-state index is 5.69. The molecule has 19 heavy (non-hydrogen) atoms. The molecule has 1 aromatic rings. The average molecular weight is 265 g/mol. The molecule has 0 bridgehead atoms. The molecule has 2 rings (SSSR count). The van der Waals surface area contributed by atoms with E-state index in [0.29, 0.717) is 12.1 Å². The first-order valence-corrected chi connectivity index (χ1v) is 7.62. The molecule has 1 aromatic heterocycles. The van der Waals surface area contributed by atoms with E-state index >= 15 is 0 Å². The summed E-state index contributed by atoms with van der Waals surface area (Å²) in [6.45, 7) is 4.24. The summed E-state index contributed by atoms with van der Waals surface area (Å²) in [6.07, 6.45) is 11.6. The average Bonchev–Trinajstić information content (AvgIpc) is 3.05. The Kier molecular flexibility index (Phi) is 5.86. The second-order valence-corrected chi connectivity index (χ2v) is 5.50.